The molecule has 0 spiro atoms. The van der Waals surface area contributed by atoms with Crippen molar-refractivity contribution in [2.24, 2.45) is 0 Å². The first-order valence-electron chi connectivity index (χ1n) is 5.66. The summed E-state index contributed by atoms with van der Waals surface area (Å²) in [6, 6.07) is 8.32. The van der Waals surface area contributed by atoms with Gasteiger partial charge in [0.15, 0.2) is 0 Å². The number of nitrogens with one attached hydrogen (secondary N) is 1. The maximum absolute atomic E-state index is 4.54. The minimum absolute atomic E-state index is 0.953. The maximum Gasteiger partial charge on any atom is 0.0657 e. The molecule has 0 amide bonds. The van der Waals surface area contributed by atoms with Crippen LogP contribution in [0.4, 0.5) is 0 Å². The van der Waals surface area contributed by atoms with Gasteiger partial charge in [0.05, 0.1) is 11.4 Å². The molecule has 0 saturated heterocycles. The largest absolute Gasteiger partial charge is 0.319 e. The first-order valence-corrected chi connectivity index (χ1v) is 6.45. The third-order valence-corrected chi connectivity index (χ3v) is 3.55. The smallest absolute Gasteiger partial charge is 0.0657 e. The lowest BCUT2D eigenvalue weighted by molar-refractivity contribution is 0.754. The molecule has 1 N–H and O–H groups in total. The third kappa shape index (κ3) is 2.96. The highest BCUT2D eigenvalue weighted by atomic mass is 79.9. The van der Waals surface area contributed by atoms with Gasteiger partial charge in [-0.3, -0.25) is 0 Å². The van der Waals surface area contributed by atoms with E-state index in [1.54, 1.807) is 0 Å². The van der Waals surface area contributed by atoms with Gasteiger partial charge in [-0.15, -0.1) is 0 Å². The third-order valence-electron chi connectivity index (χ3n) is 2.70. The Morgan fingerprint density at radius 2 is 2.18 bits per heavy atom. The highest BCUT2D eigenvalue weighted by molar-refractivity contribution is 9.10. The standard InChI is InChI=1S/C13H16BrN3/c1-10-3-4-12(9-13(10)14)17-8-6-11(16-17)5-7-15-2/h3-4,6,8-9,15H,5,7H2,1-2H3. The van der Waals surface area contributed by atoms with Gasteiger partial charge < -0.3 is 5.32 Å². The van der Waals surface area contributed by atoms with Crippen molar-refractivity contribution in [2.45, 2.75) is 13.3 Å². The fourth-order valence-corrected chi connectivity index (χ4v) is 1.98. The predicted molar refractivity (Wildman–Crippen MR) is 73.6 cm³/mol. The van der Waals surface area contributed by atoms with Crippen LogP contribution in [0.1, 0.15) is 11.3 Å². The molecule has 0 atom stereocenters. The molecule has 4 heteroatoms. The van der Waals surface area contributed by atoms with Crippen LogP contribution < -0.4 is 5.32 Å². The molecule has 0 bridgehead atoms. The predicted octanol–water partition coefficient (Wildman–Crippen LogP) is 2.71. The Kier molecular flexibility index (Phi) is 3.97. The Morgan fingerprint density at radius 3 is 2.88 bits per heavy atom. The van der Waals surface area contributed by atoms with Gasteiger partial charge in [0, 0.05) is 23.6 Å². The van der Waals surface area contributed by atoms with Gasteiger partial charge in [-0.2, -0.15) is 5.10 Å². The van der Waals surface area contributed by atoms with Crippen LogP contribution in [0.3, 0.4) is 0 Å². The summed E-state index contributed by atoms with van der Waals surface area (Å²) in [6.07, 6.45) is 2.96. The van der Waals surface area contributed by atoms with Crippen LogP contribution in [0.25, 0.3) is 5.69 Å². The molecule has 1 aromatic carbocycles. The summed E-state index contributed by atoms with van der Waals surface area (Å²) in [5.41, 5.74) is 3.42. The second-order valence-electron chi connectivity index (χ2n) is 4.04. The number of halogens is 1. The van der Waals surface area contributed by atoms with Crippen LogP contribution in [0.5, 0.6) is 0 Å². The number of hydrogen-bond donors (Lipinski definition) is 1. The number of nitrogens with zero attached hydrogens (tertiary/aromatic N) is 2. The van der Waals surface area contributed by atoms with Crippen LogP contribution in [-0.4, -0.2) is 23.4 Å². The van der Waals surface area contributed by atoms with E-state index in [0.29, 0.717) is 0 Å². The summed E-state index contributed by atoms with van der Waals surface area (Å²) < 4.78 is 3.03. The second kappa shape index (κ2) is 5.47. The second-order valence-corrected chi connectivity index (χ2v) is 4.89. The maximum atomic E-state index is 4.54. The van der Waals surface area contributed by atoms with Crippen molar-refractivity contribution in [1.82, 2.24) is 15.1 Å². The summed E-state index contributed by atoms with van der Waals surface area (Å²) in [4.78, 5) is 0. The van der Waals surface area contributed by atoms with Crippen LogP contribution in [0.2, 0.25) is 0 Å². The molecule has 0 aliphatic heterocycles. The van der Waals surface area contributed by atoms with Crippen molar-refractivity contribution < 1.29 is 0 Å². The molecule has 2 rings (SSSR count). The quantitative estimate of drug-likeness (QED) is 0.939. The number of aromatic nitrogens is 2. The summed E-state index contributed by atoms with van der Waals surface area (Å²) in [6.45, 7) is 3.03. The topological polar surface area (TPSA) is 29.9 Å². The van der Waals surface area contributed by atoms with Crippen LogP contribution in [0, 0.1) is 6.92 Å². The lowest BCUT2D eigenvalue weighted by atomic mass is 10.2. The van der Waals surface area contributed by atoms with Crippen LogP contribution >= 0.6 is 15.9 Å². The van der Waals surface area contributed by atoms with Crippen molar-refractivity contribution in [3.05, 3.63) is 46.2 Å². The van der Waals surface area contributed by atoms with E-state index in [1.165, 1.54) is 5.56 Å². The monoisotopic (exact) mass is 293 g/mol. The van der Waals surface area contributed by atoms with Crippen LogP contribution in [-0.2, 0) is 6.42 Å². The molecule has 0 saturated carbocycles. The van der Waals surface area contributed by atoms with Crippen molar-refractivity contribution in [3.63, 3.8) is 0 Å². The summed E-state index contributed by atoms with van der Waals surface area (Å²) in [5, 5.41) is 7.67. The number of rotatable bonds is 4. The van der Waals surface area contributed by atoms with Gasteiger partial charge in [0.1, 0.15) is 0 Å². The molecule has 0 radical (unpaired) electrons. The Hall–Kier alpha value is -1.13. The van der Waals surface area contributed by atoms with E-state index < -0.39 is 0 Å². The zero-order valence-corrected chi connectivity index (χ0v) is 11.7. The van der Waals surface area contributed by atoms with Crippen molar-refractivity contribution in [2.75, 3.05) is 13.6 Å². The zero-order valence-electron chi connectivity index (χ0n) is 10.1. The fraction of sp³-hybridized carbons (Fsp3) is 0.308. The first-order chi connectivity index (χ1) is 8.20. The van der Waals surface area contributed by atoms with E-state index >= 15 is 0 Å². The first kappa shape index (κ1) is 12.3. The summed E-state index contributed by atoms with van der Waals surface area (Å²) >= 11 is 3.54. The van der Waals surface area contributed by atoms with Gasteiger partial charge in [0.2, 0.25) is 0 Å². The average Bonchev–Trinajstić information content (AvgIpc) is 2.79. The van der Waals surface area contributed by atoms with Gasteiger partial charge in [-0.05, 0) is 37.7 Å². The van der Waals surface area contributed by atoms with Crippen molar-refractivity contribution in [1.29, 1.82) is 0 Å². The Labute approximate surface area is 110 Å². The molecule has 17 heavy (non-hydrogen) atoms. The molecule has 2 aromatic rings. The number of hydrogen-bond acceptors (Lipinski definition) is 2. The van der Waals surface area contributed by atoms with E-state index in [1.807, 2.05) is 17.9 Å². The molecule has 0 unspecified atom stereocenters. The Morgan fingerprint density at radius 1 is 1.35 bits per heavy atom. The van der Waals surface area contributed by atoms with Crippen LogP contribution in [0.15, 0.2) is 34.9 Å². The average molecular weight is 294 g/mol. The highest BCUT2D eigenvalue weighted by Crippen LogP contribution is 2.19. The normalized spacial score (nSPS) is 10.8. The molecule has 3 nitrogen and oxygen atoms in total. The van der Waals surface area contributed by atoms with E-state index in [4.69, 9.17) is 0 Å². The number of aryl methyl sites for hydroxylation is 1. The molecule has 1 heterocycles. The van der Waals surface area contributed by atoms with E-state index in [-0.39, 0.29) is 0 Å². The molecular formula is C13H16BrN3. The Bertz CT molecular complexity index is 505. The minimum atomic E-state index is 0.953. The van der Waals surface area contributed by atoms with E-state index in [2.05, 4.69) is 57.5 Å². The van der Waals surface area contributed by atoms with Crippen molar-refractivity contribution in [3.8, 4) is 5.69 Å². The summed E-state index contributed by atoms with van der Waals surface area (Å²) in [7, 11) is 1.95. The number of benzene rings is 1. The van der Waals surface area contributed by atoms with E-state index in [0.717, 1.165) is 28.8 Å². The lowest BCUT2D eigenvalue weighted by Gasteiger charge is -2.04. The van der Waals surface area contributed by atoms with Gasteiger partial charge in [-0.25, -0.2) is 4.68 Å². The van der Waals surface area contributed by atoms with Gasteiger partial charge in [-0.1, -0.05) is 22.0 Å². The van der Waals surface area contributed by atoms with E-state index in [9.17, 15) is 0 Å². The highest BCUT2D eigenvalue weighted by Gasteiger charge is 2.02. The molecule has 1 aromatic heterocycles. The summed E-state index contributed by atoms with van der Waals surface area (Å²) in [5.74, 6) is 0. The van der Waals surface area contributed by atoms with Gasteiger partial charge >= 0.3 is 0 Å². The molecule has 0 aliphatic rings. The van der Waals surface area contributed by atoms with Gasteiger partial charge in [0.25, 0.3) is 0 Å². The Balaban J connectivity index is 2.21. The van der Waals surface area contributed by atoms with Crippen molar-refractivity contribution >= 4 is 15.9 Å². The number of likely N-dealkylation sites (N-methyl/N-ethyl adjacent to an activating group) is 1. The lowest BCUT2D eigenvalue weighted by Crippen LogP contribution is -2.10. The molecule has 0 fully saturated rings. The fourth-order valence-electron chi connectivity index (χ4n) is 1.62. The minimum Gasteiger partial charge on any atom is -0.319 e. The molecular weight excluding hydrogens is 278 g/mol. The zero-order chi connectivity index (χ0) is 12.3. The molecule has 90 valence electrons. The molecule has 0 aliphatic carbocycles. The SMILES string of the molecule is CNCCc1ccn(-c2ccc(C)c(Br)c2)n1.